The summed E-state index contributed by atoms with van der Waals surface area (Å²) in [7, 11) is 0. The van der Waals surface area contributed by atoms with Crippen molar-refractivity contribution >= 4 is 18.0 Å². The Morgan fingerprint density at radius 2 is 1.64 bits per heavy atom. The Kier molecular flexibility index (Phi) is 5.56. The normalized spacial score (nSPS) is 20.5. The Hall–Kier alpha value is -3.35. The van der Waals surface area contributed by atoms with E-state index in [0.717, 1.165) is 35.1 Å². The number of nitrogens with one attached hydrogen (secondary N) is 1. The van der Waals surface area contributed by atoms with Crippen molar-refractivity contribution in [2.24, 2.45) is 0 Å². The van der Waals surface area contributed by atoms with Gasteiger partial charge in [0.1, 0.15) is 12.1 Å². The molecule has 2 N–H and O–H groups in total. The molecule has 7 heteroatoms. The molecule has 1 unspecified atom stereocenters. The average Bonchev–Trinajstić information content (AvgIpc) is 3.36. The minimum absolute atomic E-state index is 0.0466. The van der Waals surface area contributed by atoms with Crippen LogP contribution in [0.5, 0.6) is 0 Å². The van der Waals surface area contributed by atoms with Crippen LogP contribution in [0.1, 0.15) is 55.6 Å². The summed E-state index contributed by atoms with van der Waals surface area (Å²) in [6.45, 7) is 0.723. The van der Waals surface area contributed by atoms with Gasteiger partial charge in [-0.25, -0.2) is 4.79 Å². The van der Waals surface area contributed by atoms with Gasteiger partial charge in [-0.2, -0.15) is 0 Å². The maximum absolute atomic E-state index is 13.3. The third-order valence-electron chi connectivity index (χ3n) is 7.35. The Labute approximate surface area is 192 Å². The minimum Gasteiger partial charge on any atom is -0.481 e. The minimum atomic E-state index is -0.982. The summed E-state index contributed by atoms with van der Waals surface area (Å²) in [4.78, 5) is 39.0. The highest BCUT2D eigenvalue weighted by Gasteiger charge is 2.50. The van der Waals surface area contributed by atoms with Crippen LogP contribution in [-0.4, -0.2) is 52.7 Å². The summed E-state index contributed by atoms with van der Waals surface area (Å²) in [6, 6.07) is 16.0. The molecule has 7 nitrogen and oxygen atoms in total. The third-order valence-corrected chi connectivity index (χ3v) is 7.35. The second kappa shape index (κ2) is 8.54. The monoisotopic (exact) mass is 448 g/mol. The number of alkyl carbamates (subject to hydrolysis) is 1. The van der Waals surface area contributed by atoms with Crippen LogP contribution in [0.3, 0.4) is 0 Å². The SMILES string of the molecule is O=C(O)CC1CCCN1C(=O)C1(NC(=O)OCC2c3ccccc3-c3ccccc32)CCC1. The van der Waals surface area contributed by atoms with Crippen molar-refractivity contribution in [2.45, 2.75) is 56.0 Å². The molecular formula is C26H28N2O5. The Balaban J connectivity index is 1.26. The zero-order chi connectivity index (χ0) is 23.0. The molecule has 33 heavy (non-hydrogen) atoms. The Morgan fingerprint density at radius 1 is 1.00 bits per heavy atom. The Morgan fingerprint density at radius 3 is 2.21 bits per heavy atom. The summed E-state index contributed by atoms with van der Waals surface area (Å²) >= 11 is 0. The van der Waals surface area contributed by atoms with Gasteiger partial charge in [-0.05, 0) is 54.4 Å². The number of carbonyl (C=O) groups excluding carboxylic acids is 2. The first-order valence-electron chi connectivity index (χ1n) is 11.6. The van der Waals surface area contributed by atoms with Crippen molar-refractivity contribution < 1.29 is 24.2 Å². The maximum Gasteiger partial charge on any atom is 0.408 e. The van der Waals surface area contributed by atoms with Crippen LogP contribution in [0.4, 0.5) is 4.79 Å². The number of rotatable bonds is 6. The number of nitrogens with zero attached hydrogens (tertiary/aromatic N) is 1. The van der Waals surface area contributed by atoms with E-state index in [4.69, 9.17) is 4.74 Å². The third kappa shape index (κ3) is 3.86. The molecule has 1 aliphatic heterocycles. The van der Waals surface area contributed by atoms with Crippen molar-refractivity contribution in [3.8, 4) is 11.1 Å². The first-order valence-corrected chi connectivity index (χ1v) is 11.6. The number of carbonyl (C=O) groups is 3. The quantitative estimate of drug-likeness (QED) is 0.699. The van der Waals surface area contributed by atoms with Gasteiger partial charge in [-0.15, -0.1) is 0 Å². The van der Waals surface area contributed by atoms with E-state index < -0.39 is 17.6 Å². The fourth-order valence-corrected chi connectivity index (χ4v) is 5.54. The van der Waals surface area contributed by atoms with E-state index >= 15 is 0 Å². The van der Waals surface area contributed by atoms with Gasteiger partial charge in [0.15, 0.2) is 0 Å². The summed E-state index contributed by atoms with van der Waals surface area (Å²) in [5.74, 6) is -1.13. The fourth-order valence-electron chi connectivity index (χ4n) is 5.54. The first kappa shape index (κ1) is 21.5. The number of aliphatic carboxylic acids is 1. The summed E-state index contributed by atoms with van der Waals surface area (Å²) in [5.41, 5.74) is 3.60. The summed E-state index contributed by atoms with van der Waals surface area (Å²) in [6.07, 6.45) is 2.74. The lowest BCUT2D eigenvalue weighted by Crippen LogP contribution is -2.64. The number of hydrogen-bond donors (Lipinski definition) is 2. The van der Waals surface area contributed by atoms with Crippen LogP contribution >= 0.6 is 0 Å². The van der Waals surface area contributed by atoms with Gasteiger partial charge < -0.3 is 20.1 Å². The van der Waals surface area contributed by atoms with E-state index in [-0.39, 0.29) is 30.9 Å². The van der Waals surface area contributed by atoms with Crippen LogP contribution < -0.4 is 5.32 Å². The largest absolute Gasteiger partial charge is 0.481 e. The van der Waals surface area contributed by atoms with E-state index in [1.165, 1.54) is 0 Å². The predicted molar refractivity (Wildman–Crippen MR) is 122 cm³/mol. The van der Waals surface area contributed by atoms with Gasteiger partial charge in [-0.1, -0.05) is 48.5 Å². The molecule has 1 heterocycles. The predicted octanol–water partition coefficient (Wildman–Crippen LogP) is 3.91. The number of likely N-dealkylation sites (tertiary alicyclic amines) is 1. The van der Waals surface area contributed by atoms with E-state index in [1.54, 1.807) is 4.90 Å². The van der Waals surface area contributed by atoms with Crippen molar-refractivity contribution in [1.29, 1.82) is 0 Å². The zero-order valence-corrected chi connectivity index (χ0v) is 18.5. The molecule has 2 aliphatic carbocycles. The number of fused-ring (bicyclic) bond motifs is 3. The van der Waals surface area contributed by atoms with E-state index in [2.05, 4.69) is 29.6 Å². The molecule has 0 aromatic heterocycles. The number of carboxylic acids is 1. The molecule has 2 amide bonds. The van der Waals surface area contributed by atoms with Gasteiger partial charge in [0.05, 0.1) is 6.42 Å². The van der Waals surface area contributed by atoms with Gasteiger partial charge in [0.2, 0.25) is 5.91 Å². The highest BCUT2D eigenvalue weighted by atomic mass is 16.5. The van der Waals surface area contributed by atoms with Crippen molar-refractivity contribution in [3.05, 3.63) is 59.7 Å². The van der Waals surface area contributed by atoms with Gasteiger partial charge >= 0.3 is 12.1 Å². The fraction of sp³-hybridized carbons (Fsp3) is 0.423. The highest BCUT2D eigenvalue weighted by Crippen LogP contribution is 2.44. The molecular weight excluding hydrogens is 420 g/mol. The topological polar surface area (TPSA) is 95.9 Å². The van der Waals surface area contributed by atoms with E-state index in [9.17, 15) is 19.5 Å². The molecule has 2 aromatic carbocycles. The van der Waals surface area contributed by atoms with Crippen LogP contribution in [0.25, 0.3) is 11.1 Å². The lowest BCUT2D eigenvalue weighted by Gasteiger charge is -2.43. The van der Waals surface area contributed by atoms with Crippen LogP contribution in [0.2, 0.25) is 0 Å². The lowest BCUT2D eigenvalue weighted by atomic mass is 9.75. The summed E-state index contributed by atoms with van der Waals surface area (Å²) in [5, 5.41) is 12.0. The van der Waals surface area contributed by atoms with Gasteiger partial charge in [0.25, 0.3) is 0 Å². The highest BCUT2D eigenvalue weighted by molar-refractivity contribution is 5.91. The standard InChI is InChI=1S/C26H28N2O5/c29-23(30)15-17-7-5-14-28(17)24(31)26(12-6-13-26)27-25(32)33-16-22-20-10-3-1-8-18(20)19-9-2-4-11-21(19)22/h1-4,8-11,17,22H,5-7,12-16H2,(H,27,32)(H,29,30). The molecule has 2 fully saturated rings. The number of benzene rings is 2. The molecule has 1 atom stereocenters. The zero-order valence-electron chi connectivity index (χ0n) is 18.5. The smallest absolute Gasteiger partial charge is 0.408 e. The number of carboxylic acid groups (broad SMARTS) is 1. The van der Waals surface area contributed by atoms with Crippen molar-refractivity contribution in [1.82, 2.24) is 10.2 Å². The molecule has 172 valence electrons. The average molecular weight is 449 g/mol. The molecule has 5 rings (SSSR count). The number of ether oxygens (including phenoxy) is 1. The molecule has 1 saturated heterocycles. The Bertz CT molecular complexity index is 1050. The van der Waals surface area contributed by atoms with Crippen LogP contribution in [0.15, 0.2) is 48.5 Å². The summed E-state index contributed by atoms with van der Waals surface area (Å²) < 4.78 is 5.66. The molecule has 0 bridgehead atoms. The molecule has 0 spiro atoms. The van der Waals surface area contributed by atoms with Gasteiger partial charge in [-0.3, -0.25) is 9.59 Å². The lowest BCUT2D eigenvalue weighted by molar-refractivity contribution is -0.145. The second-order valence-corrected chi connectivity index (χ2v) is 9.28. The van der Waals surface area contributed by atoms with Crippen LogP contribution in [0, 0.1) is 0 Å². The van der Waals surface area contributed by atoms with Crippen LogP contribution in [-0.2, 0) is 14.3 Å². The van der Waals surface area contributed by atoms with Crippen molar-refractivity contribution in [3.63, 3.8) is 0 Å². The molecule has 1 saturated carbocycles. The van der Waals surface area contributed by atoms with E-state index in [1.807, 2.05) is 24.3 Å². The second-order valence-electron chi connectivity index (χ2n) is 9.28. The number of hydrogen-bond acceptors (Lipinski definition) is 4. The molecule has 0 radical (unpaired) electrons. The van der Waals surface area contributed by atoms with E-state index in [0.29, 0.717) is 25.8 Å². The maximum atomic E-state index is 13.3. The first-order chi connectivity index (χ1) is 16.0. The molecule has 2 aromatic rings. The van der Waals surface area contributed by atoms with Gasteiger partial charge in [0, 0.05) is 18.5 Å². The molecule has 3 aliphatic rings. The number of amides is 2. The van der Waals surface area contributed by atoms with Crippen molar-refractivity contribution in [2.75, 3.05) is 13.2 Å².